The molecular formula is C23H27N5O2S. The van der Waals surface area contributed by atoms with E-state index in [0.29, 0.717) is 6.54 Å². The number of benzene rings is 1. The van der Waals surface area contributed by atoms with E-state index in [1.165, 1.54) is 0 Å². The molecule has 0 bridgehead atoms. The summed E-state index contributed by atoms with van der Waals surface area (Å²) in [5.74, 6) is 1.22. The normalized spacial score (nSPS) is 22.1. The van der Waals surface area contributed by atoms with Crippen LogP contribution in [0.3, 0.4) is 0 Å². The molecule has 3 heterocycles. The van der Waals surface area contributed by atoms with Gasteiger partial charge in [0.15, 0.2) is 0 Å². The molecule has 2 atom stereocenters. The number of hydrogen-bond acceptors (Lipinski definition) is 7. The first kappa shape index (κ1) is 20.4. The predicted octanol–water partition coefficient (Wildman–Crippen LogP) is 3.26. The van der Waals surface area contributed by atoms with Gasteiger partial charge in [-0.3, -0.25) is 9.69 Å². The number of morpholine rings is 1. The van der Waals surface area contributed by atoms with E-state index in [4.69, 9.17) is 20.4 Å². The molecule has 1 aliphatic carbocycles. The Morgan fingerprint density at radius 2 is 2.00 bits per heavy atom. The van der Waals surface area contributed by atoms with Crippen LogP contribution in [0.25, 0.3) is 21.3 Å². The fraction of sp³-hybridized carbons (Fsp3) is 0.435. The van der Waals surface area contributed by atoms with Crippen molar-refractivity contribution in [1.29, 1.82) is 0 Å². The van der Waals surface area contributed by atoms with Crippen LogP contribution in [0.15, 0.2) is 35.7 Å². The van der Waals surface area contributed by atoms with Crippen LogP contribution >= 0.6 is 11.3 Å². The number of fused-ring (bicyclic) bond motifs is 1. The highest BCUT2D eigenvalue weighted by Gasteiger charge is 2.32. The Balaban J connectivity index is 1.55. The lowest BCUT2D eigenvalue weighted by atomic mass is 10.0. The number of nitrogens with one attached hydrogen (secondary N) is 1. The number of carbonyl (C=O) groups is 1. The summed E-state index contributed by atoms with van der Waals surface area (Å²) in [6.07, 6.45) is 2.75. The van der Waals surface area contributed by atoms with E-state index in [9.17, 15) is 4.79 Å². The Kier molecular flexibility index (Phi) is 5.85. The number of amides is 1. The lowest BCUT2D eigenvalue weighted by molar-refractivity contribution is -0.121. The first-order valence-corrected chi connectivity index (χ1v) is 11.8. The maximum absolute atomic E-state index is 12.0. The van der Waals surface area contributed by atoms with Gasteiger partial charge in [-0.2, -0.15) is 0 Å². The van der Waals surface area contributed by atoms with Gasteiger partial charge in [0.2, 0.25) is 5.91 Å². The van der Waals surface area contributed by atoms with Crippen LogP contribution in [0.2, 0.25) is 0 Å². The summed E-state index contributed by atoms with van der Waals surface area (Å²) in [4.78, 5) is 25.1. The highest BCUT2D eigenvalue weighted by Crippen LogP contribution is 2.38. The Morgan fingerprint density at radius 1 is 1.19 bits per heavy atom. The molecule has 0 radical (unpaired) electrons. The van der Waals surface area contributed by atoms with E-state index in [0.717, 1.165) is 78.6 Å². The van der Waals surface area contributed by atoms with Crippen molar-refractivity contribution < 1.29 is 9.53 Å². The third-order valence-electron chi connectivity index (χ3n) is 6.24. The van der Waals surface area contributed by atoms with Crippen LogP contribution in [0.5, 0.6) is 0 Å². The summed E-state index contributed by atoms with van der Waals surface area (Å²) in [5, 5.41) is 6.78. The Hall–Kier alpha value is -2.55. The van der Waals surface area contributed by atoms with Gasteiger partial charge in [0.1, 0.15) is 16.5 Å². The van der Waals surface area contributed by atoms with E-state index in [1.807, 2.05) is 18.2 Å². The molecule has 8 heteroatoms. The highest BCUT2D eigenvalue weighted by atomic mass is 32.1. The van der Waals surface area contributed by atoms with Crippen molar-refractivity contribution in [3.8, 4) is 11.1 Å². The van der Waals surface area contributed by atoms with Crippen LogP contribution in [0.4, 0.5) is 5.82 Å². The molecule has 3 N–H and O–H groups in total. The first-order valence-electron chi connectivity index (χ1n) is 10.9. The third-order valence-corrected chi connectivity index (χ3v) is 7.11. The van der Waals surface area contributed by atoms with Crippen molar-refractivity contribution in [2.75, 3.05) is 31.6 Å². The smallest absolute Gasteiger partial charge is 0.222 e. The minimum Gasteiger partial charge on any atom is -0.379 e. The second-order valence-corrected chi connectivity index (χ2v) is 9.12. The number of nitrogens with two attached hydrogens (primary N) is 1. The SMILES string of the molecule is NC(=O)[C@@H]1CCC[C@@H]1Nc1nc(CN2CCOCC2)nc2scc(-c3ccccc3)c12. The van der Waals surface area contributed by atoms with E-state index in [2.05, 4.69) is 27.7 Å². The zero-order valence-electron chi connectivity index (χ0n) is 17.4. The molecule has 0 unspecified atom stereocenters. The number of nitrogens with zero attached hydrogens (tertiary/aromatic N) is 3. The molecular weight excluding hydrogens is 410 g/mol. The number of thiophene rings is 1. The Labute approximate surface area is 185 Å². The summed E-state index contributed by atoms with van der Waals surface area (Å²) in [6, 6.07) is 10.3. The quantitative estimate of drug-likeness (QED) is 0.615. The van der Waals surface area contributed by atoms with Gasteiger partial charge >= 0.3 is 0 Å². The van der Waals surface area contributed by atoms with Gasteiger partial charge in [0.25, 0.3) is 0 Å². The van der Waals surface area contributed by atoms with Crippen molar-refractivity contribution in [2.45, 2.75) is 31.8 Å². The average Bonchev–Trinajstić information content (AvgIpc) is 3.42. The van der Waals surface area contributed by atoms with Crippen LogP contribution in [0.1, 0.15) is 25.1 Å². The van der Waals surface area contributed by atoms with Gasteiger partial charge in [-0.25, -0.2) is 9.97 Å². The van der Waals surface area contributed by atoms with E-state index < -0.39 is 0 Å². The van der Waals surface area contributed by atoms with Crippen molar-refractivity contribution >= 4 is 33.3 Å². The zero-order valence-corrected chi connectivity index (χ0v) is 18.2. The van der Waals surface area contributed by atoms with Gasteiger partial charge in [0, 0.05) is 30.1 Å². The molecule has 2 aromatic heterocycles. The molecule has 7 nitrogen and oxygen atoms in total. The van der Waals surface area contributed by atoms with E-state index in [1.54, 1.807) is 11.3 Å². The lowest BCUT2D eigenvalue weighted by Crippen LogP contribution is -2.36. The number of hydrogen-bond donors (Lipinski definition) is 2. The monoisotopic (exact) mass is 437 g/mol. The highest BCUT2D eigenvalue weighted by molar-refractivity contribution is 7.17. The minimum absolute atomic E-state index is 0.00959. The molecule has 31 heavy (non-hydrogen) atoms. The van der Waals surface area contributed by atoms with Gasteiger partial charge < -0.3 is 15.8 Å². The summed E-state index contributed by atoms with van der Waals surface area (Å²) in [7, 11) is 0. The van der Waals surface area contributed by atoms with Gasteiger partial charge in [-0.15, -0.1) is 11.3 Å². The number of aromatic nitrogens is 2. The molecule has 5 rings (SSSR count). The predicted molar refractivity (Wildman–Crippen MR) is 123 cm³/mol. The Morgan fingerprint density at radius 3 is 2.77 bits per heavy atom. The Bertz CT molecular complexity index is 1060. The second-order valence-electron chi connectivity index (χ2n) is 8.26. The molecule has 0 spiro atoms. The molecule has 1 saturated heterocycles. The van der Waals surface area contributed by atoms with Crippen LogP contribution in [-0.4, -0.2) is 53.1 Å². The maximum atomic E-state index is 12.0. The first-order chi connectivity index (χ1) is 15.2. The average molecular weight is 438 g/mol. The number of primary amides is 1. The van der Waals surface area contributed by atoms with Crippen LogP contribution in [0, 0.1) is 5.92 Å². The largest absolute Gasteiger partial charge is 0.379 e. The molecule has 2 fully saturated rings. The summed E-state index contributed by atoms with van der Waals surface area (Å²) in [5.41, 5.74) is 7.94. The number of carbonyl (C=O) groups excluding carboxylic acids is 1. The number of anilines is 1. The van der Waals surface area contributed by atoms with Gasteiger partial charge in [-0.05, 0) is 18.4 Å². The molecule has 1 aromatic carbocycles. The fourth-order valence-corrected chi connectivity index (χ4v) is 5.57. The van der Waals surface area contributed by atoms with E-state index >= 15 is 0 Å². The van der Waals surface area contributed by atoms with Crippen molar-refractivity contribution in [3.63, 3.8) is 0 Å². The standard InChI is InChI=1S/C23H27N5O2S/c24-21(29)16-7-4-8-18(16)25-22-20-17(15-5-2-1-3-6-15)14-31-23(20)27-19(26-22)13-28-9-11-30-12-10-28/h1-3,5-6,14,16,18H,4,7-13H2,(H2,24,29)(H,25,26,27)/t16-,18+/m1/s1. The molecule has 1 aliphatic heterocycles. The molecule has 2 aliphatic rings. The molecule has 3 aromatic rings. The molecule has 162 valence electrons. The second kappa shape index (κ2) is 8.90. The van der Waals surface area contributed by atoms with Crippen molar-refractivity contribution in [3.05, 3.63) is 41.5 Å². The van der Waals surface area contributed by atoms with Gasteiger partial charge in [0.05, 0.1) is 31.1 Å². The van der Waals surface area contributed by atoms with Gasteiger partial charge in [-0.1, -0.05) is 36.8 Å². The summed E-state index contributed by atoms with van der Waals surface area (Å²) in [6.45, 7) is 3.95. The summed E-state index contributed by atoms with van der Waals surface area (Å²) >= 11 is 1.64. The van der Waals surface area contributed by atoms with Crippen LogP contribution in [-0.2, 0) is 16.1 Å². The maximum Gasteiger partial charge on any atom is 0.222 e. The van der Waals surface area contributed by atoms with Crippen molar-refractivity contribution in [2.24, 2.45) is 11.7 Å². The lowest BCUT2D eigenvalue weighted by Gasteiger charge is -2.26. The van der Waals surface area contributed by atoms with Crippen LogP contribution < -0.4 is 11.1 Å². The van der Waals surface area contributed by atoms with E-state index in [-0.39, 0.29) is 17.9 Å². The fourth-order valence-electron chi connectivity index (χ4n) is 4.60. The number of rotatable bonds is 6. The molecule has 1 amide bonds. The topological polar surface area (TPSA) is 93.4 Å². The summed E-state index contributed by atoms with van der Waals surface area (Å²) < 4.78 is 5.47. The molecule has 1 saturated carbocycles. The zero-order chi connectivity index (χ0) is 21.2. The number of ether oxygens (including phenoxy) is 1. The minimum atomic E-state index is -0.234. The van der Waals surface area contributed by atoms with Crippen molar-refractivity contribution in [1.82, 2.24) is 14.9 Å². The third kappa shape index (κ3) is 4.28.